The van der Waals surface area contributed by atoms with Crippen LogP contribution in [-0.4, -0.2) is 46.1 Å². The predicted octanol–water partition coefficient (Wildman–Crippen LogP) is 4.63. The van der Waals surface area contributed by atoms with Crippen LogP contribution >= 0.6 is 0 Å². The number of nitrogens with one attached hydrogen (secondary N) is 3. The quantitative estimate of drug-likeness (QED) is 0.422. The summed E-state index contributed by atoms with van der Waals surface area (Å²) in [6, 6.07) is 3.22. The number of anilines is 1. The average Bonchev–Trinajstić information content (AvgIpc) is 3.51. The number of fused-ring (bicyclic) bond motifs is 1. The summed E-state index contributed by atoms with van der Waals surface area (Å²) in [7, 11) is 0. The van der Waals surface area contributed by atoms with Gasteiger partial charge in [-0.2, -0.15) is 0 Å². The van der Waals surface area contributed by atoms with Crippen LogP contribution in [0.3, 0.4) is 0 Å². The summed E-state index contributed by atoms with van der Waals surface area (Å²) in [5.74, 6) is -1.92. The lowest BCUT2D eigenvalue weighted by atomic mass is 9.91. The molecule has 1 aromatic carbocycles. The van der Waals surface area contributed by atoms with Gasteiger partial charge in [0, 0.05) is 54.9 Å². The summed E-state index contributed by atoms with van der Waals surface area (Å²) in [4.78, 5) is 21.7. The second-order valence-electron chi connectivity index (χ2n) is 9.39. The number of nitrogens with zero attached hydrogens (tertiary/aromatic N) is 2. The number of nitrogens with two attached hydrogens (primary N) is 1. The number of halogens is 3. The second-order valence-corrected chi connectivity index (χ2v) is 9.39. The molecule has 2 aromatic heterocycles. The molecular weight excluding hydrogens is 457 g/mol. The van der Waals surface area contributed by atoms with E-state index < -0.39 is 17.5 Å². The monoisotopic (exact) mass is 486 g/mol. The number of aromatic amines is 1. The van der Waals surface area contributed by atoms with Gasteiger partial charge in [0.1, 0.15) is 11.6 Å². The van der Waals surface area contributed by atoms with Gasteiger partial charge in [-0.3, -0.25) is 0 Å². The molecule has 1 saturated heterocycles. The van der Waals surface area contributed by atoms with Gasteiger partial charge in [-0.1, -0.05) is 0 Å². The largest absolute Gasteiger partial charge is 0.365 e. The summed E-state index contributed by atoms with van der Waals surface area (Å²) >= 11 is 0. The van der Waals surface area contributed by atoms with Crippen LogP contribution in [0.4, 0.5) is 23.8 Å². The lowest BCUT2D eigenvalue weighted by Gasteiger charge is -2.32. The van der Waals surface area contributed by atoms with E-state index in [9.17, 15) is 18.0 Å². The third kappa shape index (κ3) is 4.80. The Morgan fingerprint density at radius 1 is 1.09 bits per heavy atom. The molecule has 10 heteroatoms. The molecule has 2 fully saturated rings. The average molecular weight is 487 g/mol. The maximum absolute atomic E-state index is 15.0. The number of aromatic nitrogens is 2. The van der Waals surface area contributed by atoms with Gasteiger partial charge in [0.15, 0.2) is 11.6 Å². The molecule has 1 aliphatic heterocycles. The van der Waals surface area contributed by atoms with E-state index in [1.54, 1.807) is 0 Å². The maximum atomic E-state index is 15.0. The Morgan fingerprint density at radius 3 is 2.63 bits per heavy atom. The molecule has 0 bridgehead atoms. The number of carbonyl (C=O) groups excluding carboxylic acids is 1. The standard InChI is InChI=1S/C25H29F3N6O/c26-15-9-18-19(13-30-23(18)20(27)10-15)22-14(12-29)8-21(28)24(33-22)31-16-4-3-5-17(11-16)32-25(35)34-6-1-2-7-34/h8-10,13,16-17,30H,1-7,11-12,29H2,(H,31,33)(H,32,35)/t16-,17-/m1/s1. The fourth-order valence-electron chi connectivity index (χ4n) is 5.20. The van der Waals surface area contributed by atoms with Crippen molar-refractivity contribution in [2.45, 2.75) is 57.2 Å². The van der Waals surface area contributed by atoms with Gasteiger partial charge in [-0.25, -0.2) is 22.9 Å². The van der Waals surface area contributed by atoms with Gasteiger partial charge < -0.3 is 26.3 Å². The minimum Gasteiger partial charge on any atom is -0.365 e. The molecule has 35 heavy (non-hydrogen) atoms. The number of likely N-dealkylation sites (tertiary alicyclic amines) is 1. The van der Waals surface area contributed by atoms with E-state index in [0.29, 0.717) is 28.6 Å². The Labute approximate surface area is 201 Å². The van der Waals surface area contributed by atoms with Crippen LogP contribution in [0.5, 0.6) is 0 Å². The molecule has 2 atom stereocenters. The van der Waals surface area contributed by atoms with Crippen molar-refractivity contribution in [3.8, 4) is 11.3 Å². The lowest BCUT2D eigenvalue weighted by molar-refractivity contribution is 0.199. The molecule has 3 aromatic rings. The first-order valence-corrected chi connectivity index (χ1v) is 12.1. The second kappa shape index (κ2) is 9.77. The molecule has 3 heterocycles. The molecule has 0 radical (unpaired) electrons. The van der Waals surface area contributed by atoms with Gasteiger partial charge in [0.25, 0.3) is 0 Å². The van der Waals surface area contributed by atoms with Crippen LogP contribution < -0.4 is 16.4 Å². The number of pyridine rings is 1. The molecule has 1 aliphatic carbocycles. The molecule has 2 aliphatic rings. The van der Waals surface area contributed by atoms with Crippen molar-refractivity contribution in [3.63, 3.8) is 0 Å². The summed E-state index contributed by atoms with van der Waals surface area (Å²) in [6.07, 6.45) is 6.82. The molecule has 0 spiro atoms. The number of benzene rings is 1. The minimum absolute atomic E-state index is 0.000218. The number of carbonyl (C=O) groups is 1. The highest BCUT2D eigenvalue weighted by atomic mass is 19.1. The fraction of sp³-hybridized carbons (Fsp3) is 0.440. The van der Waals surface area contributed by atoms with Crippen LogP contribution in [-0.2, 0) is 6.54 Å². The van der Waals surface area contributed by atoms with Crippen molar-refractivity contribution in [2.75, 3.05) is 18.4 Å². The molecule has 5 N–H and O–H groups in total. The maximum Gasteiger partial charge on any atom is 0.317 e. The topological polar surface area (TPSA) is 99.1 Å². The zero-order chi connectivity index (χ0) is 24.5. The number of H-pyrrole nitrogens is 1. The Bertz CT molecular complexity index is 1240. The molecule has 186 valence electrons. The van der Waals surface area contributed by atoms with Gasteiger partial charge in [-0.15, -0.1) is 0 Å². The van der Waals surface area contributed by atoms with E-state index in [1.807, 2.05) is 4.90 Å². The Balaban J connectivity index is 1.38. The van der Waals surface area contributed by atoms with Crippen LogP contribution in [0.2, 0.25) is 0 Å². The zero-order valence-corrected chi connectivity index (χ0v) is 19.3. The normalized spacial score (nSPS) is 20.4. The van der Waals surface area contributed by atoms with E-state index in [4.69, 9.17) is 5.73 Å². The van der Waals surface area contributed by atoms with Gasteiger partial charge in [0.05, 0.1) is 11.2 Å². The van der Waals surface area contributed by atoms with Crippen molar-refractivity contribution >= 4 is 22.8 Å². The lowest BCUT2D eigenvalue weighted by Crippen LogP contribution is -2.47. The number of urea groups is 1. The highest BCUT2D eigenvalue weighted by Crippen LogP contribution is 2.34. The highest BCUT2D eigenvalue weighted by molar-refractivity contribution is 5.95. The number of rotatable bonds is 5. The third-order valence-electron chi connectivity index (χ3n) is 6.97. The molecular formula is C25H29F3N6O. The van der Waals surface area contributed by atoms with E-state index in [0.717, 1.165) is 51.3 Å². The molecule has 5 rings (SSSR count). The van der Waals surface area contributed by atoms with Gasteiger partial charge in [0.2, 0.25) is 0 Å². The molecule has 2 amide bonds. The van der Waals surface area contributed by atoms with Crippen molar-refractivity contribution < 1.29 is 18.0 Å². The Hall–Kier alpha value is -3.27. The number of hydrogen-bond donors (Lipinski definition) is 4. The summed E-state index contributed by atoms with van der Waals surface area (Å²) < 4.78 is 43.1. The Morgan fingerprint density at radius 2 is 1.86 bits per heavy atom. The summed E-state index contributed by atoms with van der Waals surface area (Å²) in [5.41, 5.74) is 7.24. The van der Waals surface area contributed by atoms with E-state index >= 15 is 0 Å². The van der Waals surface area contributed by atoms with Crippen LogP contribution in [0.1, 0.15) is 44.1 Å². The number of hydrogen-bond acceptors (Lipinski definition) is 4. The van der Waals surface area contributed by atoms with Crippen LogP contribution in [0.15, 0.2) is 24.4 Å². The highest BCUT2D eigenvalue weighted by Gasteiger charge is 2.27. The fourth-order valence-corrected chi connectivity index (χ4v) is 5.20. The van der Waals surface area contributed by atoms with Gasteiger partial charge >= 0.3 is 6.03 Å². The van der Waals surface area contributed by atoms with E-state index in [-0.39, 0.29) is 36.0 Å². The van der Waals surface area contributed by atoms with Crippen molar-refractivity contribution in [2.24, 2.45) is 5.73 Å². The summed E-state index contributed by atoms with van der Waals surface area (Å²) in [6.45, 7) is 1.58. The molecule has 0 unspecified atom stereocenters. The van der Waals surface area contributed by atoms with Gasteiger partial charge in [-0.05, 0) is 56.2 Å². The van der Waals surface area contributed by atoms with Crippen molar-refractivity contribution in [1.82, 2.24) is 20.2 Å². The molecule has 7 nitrogen and oxygen atoms in total. The first kappa shape index (κ1) is 23.5. The van der Waals surface area contributed by atoms with Crippen LogP contribution in [0.25, 0.3) is 22.2 Å². The number of amides is 2. The third-order valence-corrected chi connectivity index (χ3v) is 6.97. The van der Waals surface area contributed by atoms with E-state index in [2.05, 4.69) is 20.6 Å². The van der Waals surface area contributed by atoms with Crippen molar-refractivity contribution in [3.05, 3.63) is 47.4 Å². The smallest absolute Gasteiger partial charge is 0.317 e. The summed E-state index contributed by atoms with van der Waals surface area (Å²) in [5, 5.41) is 6.62. The first-order valence-electron chi connectivity index (χ1n) is 12.1. The molecule has 1 saturated carbocycles. The first-order chi connectivity index (χ1) is 16.9. The minimum atomic E-state index is -0.717. The van der Waals surface area contributed by atoms with E-state index in [1.165, 1.54) is 18.3 Å². The predicted molar refractivity (Wildman–Crippen MR) is 128 cm³/mol. The van der Waals surface area contributed by atoms with Crippen molar-refractivity contribution in [1.29, 1.82) is 0 Å². The SMILES string of the molecule is NCc1cc(F)c(N[C@@H]2CCC[C@@H](NC(=O)N3CCCC3)C2)nc1-c1c[nH]c2c(F)cc(F)cc12. The Kier molecular flexibility index (Phi) is 6.55. The zero-order valence-electron chi connectivity index (χ0n) is 19.3. The van der Waals surface area contributed by atoms with Crippen LogP contribution in [0, 0.1) is 17.5 Å².